The summed E-state index contributed by atoms with van der Waals surface area (Å²) in [5.74, 6) is -0.783. The second kappa shape index (κ2) is 7.96. The highest BCUT2D eigenvalue weighted by Gasteiger charge is 2.26. The maximum Gasteiger partial charge on any atom is 0.333 e. The molecule has 1 amide bonds. The average molecular weight is 386 g/mol. The highest BCUT2D eigenvalue weighted by molar-refractivity contribution is 6.30. The van der Waals surface area contributed by atoms with Crippen molar-refractivity contribution in [2.24, 2.45) is 0 Å². The molecule has 0 aliphatic heterocycles. The molecule has 27 heavy (non-hydrogen) atoms. The van der Waals surface area contributed by atoms with Gasteiger partial charge in [-0.3, -0.25) is 9.78 Å². The lowest BCUT2D eigenvalue weighted by molar-refractivity contribution is -0.143. The van der Waals surface area contributed by atoms with Gasteiger partial charge < -0.3 is 10.1 Å². The van der Waals surface area contributed by atoms with Crippen LogP contribution in [0.5, 0.6) is 0 Å². The highest BCUT2D eigenvalue weighted by atomic mass is 35.5. The molecule has 1 N–H and O–H groups in total. The van der Waals surface area contributed by atoms with Crippen LogP contribution >= 0.6 is 11.6 Å². The third-order valence-corrected chi connectivity index (χ3v) is 4.03. The van der Waals surface area contributed by atoms with Crippen molar-refractivity contribution in [3.63, 3.8) is 0 Å². The molecular weight excluding hydrogens is 370 g/mol. The van der Waals surface area contributed by atoms with Gasteiger partial charge in [0.05, 0.1) is 12.8 Å². The maximum atomic E-state index is 12.6. The number of benzene rings is 1. The molecule has 3 aromatic rings. The van der Waals surface area contributed by atoms with Crippen LogP contribution in [0.25, 0.3) is 5.69 Å². The first kappa shape index (κ1) is 18.5. The van der Waals surface area contributed by atoms with E-state index in [1.165, 1.54) is 18.0 Å². The van der Waals surface area contributed by atoms with Crippen LogP contribution in [0.1, 0.15) is 28.0 Å². The van der Waals surface area contributed by atoms with Crippen LogP contribution in [0.15, 0.2) is 48.8 Å². The Labute approximate surface area is 160 Å². The molecule has 0 radical (unpaired) electrons. The smallest absolute Gasteiger partial charge is 0.333 e. The number of nitrogens with zero attached hydrogens (tertiary/aromatic N) is 4. The summed E-state index contributed by atoms with van der Waals surface area (Å²) >= 11 is 5.90. The molecule has 2 heterocycles. The molecular formula is C18H16ClN5O3. The number of rotatable bonds is 5. The number of carbonyl (C=O) groups is 2. The van der Waals surface area contributed by atoms with Crippen LogP contribution in [-0.2, 0) is 9.53 Å². The minimum absolute atomic E-state index is 0.0692. The first-order valence-corrected chi connectivity index (χ1v) is 8.35. The minimum Gasteiger partial charge on any atom is -0.467 e. The van der Waals surface area contributed by atoms with Crippen molar-refractivity contribution in [3.8, 4) is 5.69 Å². The summed E-state index contributed by atoms with van der Waals surface area (Å²) < 4.78 is 6.29. The van der Waals surface area contributed by atoms with Crippen LogP contribution in [0.2, 0.25) is 5.02 Å². The van der Waals surface area contributed by atoms with E-state index < -0.39 is 17.9 Å². The fourth-order valence-corrected chi connectivity index (χ4v) is 2.58. The van der Waals surface area contributed by atoms with Crippen molar-refractivity contribution in [2.45, 2.75) is 13.0 Å². The number of esters is 1. The van der Waals surface area contributed by atoms with Crippen molar-refractivity contribution in [2.75, 3.05) is 7.11 Å². The third-order valence-electron chi connectivity index (χ3n) is 3.77. The van der Waals surface area contributed by atoms with Gasteiger partial charge in [-0.2, -0.15) is 0 Å². The predicted molar refractivity (Wildman–Crippen MR) is 97.6 cm³/mol. The van der Waals surface area contributed by atoms with Crippen LogP contribution < -0.4 is 5.32 Å². The standard InChI is InChI=1S/C18H16ClN5O3/c1-11-21-16(23-24(11)14-7-5-13(19)6-8-14)17(25)22-15(18(26)27-2)12-4-3-9-20-10-12/h3-10,15H,1-2H3,(H,22,25). The molecule has 1 aromatic carbocycles. The molecule has 0 fully saturated rings. The van der Waals surface area contributed by atoms with Gasteiger partial charge in [0.15, 0.2) is 6.04 Å². The topological polar surface area (TPSA) is 99.0 Å². The predicted octanol–water partition coefficient (Wildman–Crippen LogP) is 2.27. The molecule has 1 unspecified atom stereocenters. The van der Waals surface area contributed by atoms with E-state index in [1.54, 1.807) is 49.5 Å². The lowest BCUT2D eigenvalue weighted by Gasteiger charge is -2.15. The van der Waals surface area contributed by atoms with Crippen LogP contribution in [-0.4, -0.2) is 38.7 Å². The molecule has 3 rings (SSSR count). The second-order valence-corrected chi connectivity index (χ2v) is 6.02. The Balaban J connectivity index is 1.86. The van der Waals surface area contributed by atoms with E-state index in [0.717, 1.165) is 0 Å². The van der Waals surface area contributed by atoms with Gasteiger partial charge in [0, 0.05) is 23.0 Å². The van der Waals surface area contributed by atoms with Crippen LogP contribution in [0, 0.1) is 6.92 Å². The van der Waals surface area contributed by atoms with Gasteiger partial charge in [0.25, 0.3) is 5.91 Å². The fourth-order valence-electron chi connectivity index (χ4n) is 2.45. The summed E-state index contributed by atoms with van der Waals surface area (Å²) in [6.45, 7) is 1.72. The number of nitrogens with one attached hydrogen (secondary N) is 1. The summed E-state index contributed by atoms with van der Waals surface area (Å²) in [6, 6.07) is 9.27. The molecule has 1 atom stereocenters. The summed E-state index contributed by atoms with van der Waals surface area (Å²) in [6.07, 6.45) is 3.05. The number of hydrogen-bond acceptors (Lipinski definition) is 6. The van der Waals surface area contributed by atoms with E-state index in [2.05, 4.69) is 20.4 Å². The Bertz CT molecular complexity index is 957. The molecule has 138 valence electrons. The number of aryl methyl sites for hydroxylation is 1. The van der Waals surface area contributed by atoms with Crippen molar-refractivity contribution in [3.05, 3.63) is 71.0 Å². The Hall–Kier alpha value is -3.26. The first-order valence-electron chi connectivity index (χ1n) is 7.98. The van der Waals surface area contributed by atoms with Crippen molar-refractivity contribution >= 4 is 23.5 Å². The minimum atomic E-state index is -1.01. The lowest BCUT2D eigenvalue weighted by atomic mass is 10.1. The van der Waals surface area contributed by atoms with E-state index in [-0.39, 0.29) is 5.82 Å². The number of methoxy groups -OCH3 is 1. The molecule has 0 saturated heterocycles. The van der Waals surface area contributed by atoms with Gasteiger partial charge in [-0.25, -0.2) is 14.5 Å². The molecule has 0 saturated carbocycles. The Morgan fingerprint density at radius 3 is 2.59 bits per heavy atom. The summed E-state index contributed by atoms with van der Waals surface area (Å²) in [4.78, 5) is 32.8. The zero-order chi connectivity index (χ0) is 19.4. The third kappa shape index (κ3) is 4.12. The van der Waals surface area contributed by atoms with E-state index in [4.69, 9.17) is 16.3 Å². The number of ether oxygens (including phenoxy) is 1. The molecule has 2 aromatic heterocycles. The van der Waals surface area contributed by atoms with E-state index in [0.29, 0.717) is 22.1 Å². The monoisotopic (exact) mass is 385 g/mol. The molecule has 9 heteroatoms. The van der Waals surface area contributed by atoms with Gasteiger partial charge in [-0.1, -0.05) is 17.7 Å². The normalized spacial score (nSPS) is 11.7. The Morgan fingerprint density at radius 2 is 1.96 bits per heavy atom. The van der Waals surface area contributed by atoms with Crippen LogP contribution in [0.4, 0.5) is 0 Å². The summed E-state index contributed by atoms with van der Waals surface area (Å²) in [5.41, 5.74) is 1.20. The van der Waals surface area contributed by atoms with Gasteiger partial charge in [0.2, 0.25) is 5.82 Å². The zero-order valence-corrected chi connectivity index (χ0v) is 15.3. The Morgan fingerprint density at radius 1 is 1.22 bits per heavy atom. The van der Waals surface area contributed by atoms with E-state index in [1.807, 2.05) is 0 Å². The van der Waals surface area contributed by atoms with Crippen molar-refractivity contribution < 1.29 is 14.3 Å². The van der Waals surface area contributed by atoms with Crippen molar-refractivity contribution in [1.29, 1.82) is 0 Å². The fraction of sp³-hybridized carbons (Fsp3) is 0.167. The van der Waals surface area contributed by atoms with Gasteiger partial charge in [-0.15, -0.1) is 5.10 Å². The van der Waals surface area contributed by atoms with Gasteiger partial charge in [0.1, 0.15) is 5.82 Å². The Kier molecular flexibility index (Phi) is 5.46. The van der Waals surface area contributed by atoms with Crippen LogP contribution in [0.3, 0.4) is 0 Å². The number of amides is 1. The number of carbonyl (C=O) groups excluding carboxylic acids is 2. The number of halogens is 1. The SMILES string of the molecule is COC(=O)C(NC(=O)c1nc(C)n(-c2ccc(Cl)cc2)n1)c1cccnc1. The molecule has 0 aliphatic rings. The van der Waals surface area contributed by atoms with Gasteiger partial charge >= 0.3 is 5.97 Å². The molecule has 0 bridgehead atoms. The van der Waals surface area contributed by atoms with E-state index >= 15 is 0 Å². The van der Waals surface area contributed by atoms with Crippen molar-refractivity contribution in [1.82, 2.24) is 25.1 Å². The summed E-state index contributed by atoms with van der Waals surface area (Å²) in [7, 11) is 1.25. The zero-order valence-electron chi connectivity index (χ0n) is 14.6. The molecule has 8 nitrogen and oxygen atoms in total. The quantitative estimate of drug-likeness (QED) is 0.676. The largest absolute Gasteiger partial charge is 0.467 e. The second-order valence-electron chi connectivity index (χ2n) is 5.59. The number of pyridine rings is 1. The lowest BCUT2D eigenvalue weighted by Crippen LogP contribution is -2.35. The maximum absolute atomic E-state index is 12.6. The van der Waals surface area contributed by atoms with Gasteiger partial charge in [-0.05, 0) is 37.3 Å². The summed E-state index contributed by atoms with van der Waals surface area (Å²) in [5, 5.41) is 7.40. The molecule has 0 aliphatic carbocycles. The van der Waals surface area contributed by atoms with E-state index in [9.17, 15) is 9.59 Å². The average Bonchev–Trinajstić information content (AvgIpc) is 3.08. The molecule has 0 spiro atoms. The first-order chi connectivity index (χ1) is 13.0. The highest BCUT2D eigenvalue weighted by Crippen LogP contribution is 2.16. The number of aromatic nitrogens is 4. The number of hydrogen-bond donors (Lipinski definition) is 1.